The predicted molar refractivity (Wildman–Crippen MR) is 135 cm³/mol. The Morgan fingerprint density at radius 3 is 2.53 bits per heavy atom. The number of nitrogens with one attached hydrogen (secondary N) is 2. The largest absolute Gasteiger partial charge is 0.497 e. The summed E-state index contributed by atoms with van der Waals surface area (Å²) in [6.07, 6.45) is 0. The molecule has 0 radical (unpaired) electrons. The van der Waals surface area contributed by atoms with Gasteiger partial charge in [-0.1, -0.05) is 19.1 Å². The Balaban J connectivity index is 1.39. The number of hydrogen-bond donors (Lipinski definition) is 2. The van der Waals surface area contributed by atoms with Crippen LogP contribution in [0.15, 0.2) is 71.6 Å². The number of urea groups is 1. The topological polar surface area (TPSA) is 79.9 Å². The van der Waals surface area contributed by atoms with Gasteiger partial charge in [-0.15, -0.1) is 11.8 Å². The molecule has 1 heterocycles. The second kappa shape index (κ2) is 10.5. The van der Waals surface area contributed by atoms with Gasteiger partial charge in [-0.3, -0.25) is 9.69 Å². The van der Waals surface area contributed by atoms with E-state index in [1.54, 1.807) is 67.3 Å². The predicted octanol–water partition coefficient (Wildman–Crippen LogP) is 5.17. The van der Waals surface area contributed by atoms with Crippen molar-refractivity contribution in [1.29, 1.82) is 0 Å². The van der Waals surface area contributed by atoms with E-state index >= 15 is 0 Å². The summed E-state index contributed by atoms with van der Waals surface area (Å²) in [5.74, 6) is 1.14. The molecule has 3 amide bonds. The zero-order valence-electron chi connectivity index (χ0n) is 19.3. The van der Waals surface area contributed by atoms with Crippen molar-refractivity contribution in [3.05, 3.63) is 77.9 Å². The lowest BCUT2D eigenvalue weighted by Crippen LogP contribution is -2.41. The van der Waals surface area contributed by atoms with Gasteiger partial charge in [-0.2, -0.15) is 0 Å². The van der Waals surface area contributed by atoms with Crippen LogP contribution >= 0.6 is 11.8 Å². The molecule has 2 N–H and O–H groups in total. The van der Waals surface area contributed by atoms with Crippen molar-refractivity contribution >= 4 is 35.1 Å². The smallest absolute Gasteiger partial charge is 0.326 e. The summed E-state index contributed by atoms with van der Waals surface area (Å²) >= 11 is 1.77. The SMILES string of the molecule is COc1ccc(OC)c(CNC(=O)c2ccc(NC(=O)N3C[C@@H](C)Sc4ccccc43)cc2)c1. The van der Waals surface area contributed by atoms with Gasteiger partial charge in [0.25, 0.3) is 5.91 Å². The van der Waals surface area contributed by atoms with Gasteiger partial charge in [0.2, 0.25) is 0 Å². The van der Waals surface area contributed by atoms with Crippen molar-refractivity contribution in [1.82, 2.24) is 5.32 Å². The fraction of sp³-hybridized carbons (Fsp3) is 0.231. The van der Waals surface area contributed by atoms with Gasteiger partial charge in [0.15, 0.2) is 0 Å². The summed E-state index contributed by atoms with van der Waals surface area (Å²) < 4.78 is 10.6. The number of ether oxygens (including phenoxy) is 2. The van der Waals surface area contributed by atoms with Crippen molar-refractivity contribution in [3.8, 4) is 11.5 Å². The van der Waals surface area contributed by atoms with Crippen LogP contribution in [0.1, 0.15) is 22.8 Å². The third-order valence-corrected chi connectivity index (χ3v) is 6.64. The molecule has 0 unspecified atom stereocenters. The van der Waals surface area contributed by atoms with Crippen molar-refractivity contribution in [3.63, 3.8) is 0 Å². The summed E-state index contributed by atoms with van der Waals surface area (Å²) in [5, 5.41) is 6.14. The van der Waals surface area contributed by atoms with E-state index in [1.165, 1.54) is 0 Å². The molecule has 4 rings (SSSR count). The number of carbonyl (C=O) groups excluding carboxylic acids is 2. The fourth-order valence-electron chi connectivity index (χ4n) is 3.78. The lowest BCUT2D eigenvalue weighted by atomic mass is 10.1. The minimum absolute atomic E-state index is 0.193. The maximum Gasteiger partial charge on any atom is 0.326 e. The van der Waals surface area contributed by atoms with E-state index in [0.29, 0.717) is 41.1 Å². The highest BCUT2D eigenvalue weighted by molar-refractivity contribution is 8.00. The number of hydrogen-bond acceptors (Lipinski definition) is 5. The molecule has 8 heteroatoms. The first-order chi connectivity index (χ1) is 16.5. The van der Waals surface area contributed by atoms with Crippen molar-refractivity contribution in [2.45, 2.75) is 23.6 Å². The molecule has 0 saturated heterocycles. The fourth-order valence-corrected chi connectivity index (χ4v) is 4.89. The highest BCUT2D eigenvalue weighted by atomic mass is 32.2. The lowest BCUT2D eigenvalue weighted by molar-refractivity contribution is 0.0950. The van der Waals surface area contributed by atoms with Gasteiger partial charge in [-0.05, 0) is 54.6 Å². The molecule has 1 aliphatic heterocycles. The van der Waals surface area contributed by atoms with Gasteiger partial charge >= 0.3 is 6.03 Å². The molecule has 0 saturated carbocycles. The van der Waals surface area contributed by atoms with E-state index < -0.39 is 0 Å². The van der Waals surface area contributed by atoms with Gasteiger partial charge in [0.05, 0.1) is 19.9 Å². The minimum Gasteiger partial charge on any atom is -0.497 e. The Kier molecular flexibility index (Phi) is 7.27. The third kappa shape index (κ3) is 5.28. The maximum atomic E-state index is 13.0. The minimum atomic E-state index is -0.224. The van der Waals surface area contributed by atoms with Gasteiger partial charge in [0.1, 0.15) is 11.5 Å². The first kappa shape index (κ1) is 23.5. The molecule has 7 nitrogen and oxygen atoms in total. The molecule has 3 aromatic rings. The van der Waals surface area contributed by atoms with E-state index in [1.807, 2.05) is 30.3 Å². The maximum absolute atomic E-state index is 13.0. The van der Waals surface area contributed by atoms with Crippen LogP contribution < -0.4 is 25.0 Å². The lowest BCUT2D eigenvalue weighted by Gasteiger charge is -2.32. The monoisotopic (exact) mass is 477 g/mol. The molecule has 176 valence electrons. The number of anilines is 2. The average molecular weight is 478 g/mol. The van der Waals surface area contributed by atoms with E-state index in [-0.39, 0.29) is 11.9 Å². The third-order valence-electron chi connectivity index (χ3n) is 5.49. The normalized spacial score (nSPS) is 14.7. The van der Waals surface area contributed by atoms with E-state index in [2.05, 4.69) is 17.6 Å². The number of amides is 3. The number of methoxy groups -OCH3 is 2. The number of rotatable bonds is 6. The quantitative estimate of drug-likeness (QED) is 0.512. The second-order valence-electron chi connectivity index (χ2n) is 7.87. The highest BCUT2D eigenvalue weighted by Gasteiger charge is 2.26. The van der Waals surface area contributed by atoms with Crippen LogP contribution in [0.25, 0.3) is 0 Å². The van der Waals surface area contributed by atoms with Crippen LogP contribution in [-0.4, -0.2) is 38.0 Å². The molecule has 1 aliphatic rings. The Labute approximate surface area is 203 Å². The van der Waals surface area contributed by atoms with E-state index in [4.69, 9.17) is 9.47 Å². The van der Waals surface area contributed by atoms with Crippen molar-refractivity contribution in [2.75, 3.05) is 31.0 Å². The zero-order valence-corrected chi connectivity index (χ0v) is 20.1. The molecule has 0 aromatic heterocycles. The number of carbonyl (C=O) groups is 2. The highest BCUT2D eigenvalue weighted by Crippen LogP contribution is 2.38. The summed E-state index contributed by atoms with van der Waals surface area (Å²) in [7, 11) is 3.18. The molecule has 0 fully saturated rings. The number of thioether (sulfide) groups is 1. The zero-order chi connectivity index (χ0) is 24.1. The number of fused-ring (bicyclic) bond motifs is 1. The molecule has 0 aliphatic carbocycles. The standard InChI is InChI=1S/C26H27N3O4S/c1-17-16-29(22-6-4-5-7-24(22)34-17)26(31)28-20-10-8-18(9-11-20)25(30)27-15-19-14-21(32-2)12-13-23(19)33-3/h4-14,17H,15-16H2,1-3H3,(H,27,30)(H,28,31)/t17-/m1/s1. The summed E-state index contributed by atoms with van der Waals surface area (Å²) in [4.78, 5) is 28.5. The van der Waals surface area contributed by atoms with Gasteiger partial charge in [0, 0.05) is 40.0 Å². The molecular formula is C26H27N3O4S. The van der Waals surface area contributed by atoms with Crippen LogP contribution in [0.5, 0.6) is 11.5 Å². The Morgan fingerprint density at radius 1 is 1.03 bits per heavy atom. The number of benzene rings is 3. The van der Waals surface area contributed by atoms with Crippen LogP contribution in [0.4, 0.5) is 16.2 Å². The molecule has 0 spiro atoms. The van der Waals surface area contributed by atoms with Gasteiger partial charge < -0.3 is 20.1 Å². The van der Waals surface area contributed by atoms with E-state index in [0.717, 1.165) is 16.1 Å². The summed E-state index contributed by atoms with van der Waals surface area (Å²) in [6.45, 7) is 3.03. The van der Waals surface area contributed by atoms with Crippen molar-refractivity contribution < 1.29 is 19.1 Å². The first-order valence-electron chi connectivity index (χ1n) is 10.9. The number of nitrogens with zero attached hydrogens (tertiary/aromatic N) is 1. The van der Waals surface area contributed by atoms with Crippen molar-refractivity contribution in [2.24, 2.45) is 0 Å². The first-order valence-corrected chi connectivity index (χ1v) is 11.8. The molecule has 0 bridgehead atoms. The van der Waals surface area contributed by atoms with E-state index in [9.17, 15) is 9.59 Å². The Bertz CT molecular complexity index is 1180. The summed E-state index contributed by atoms with van der Waals surface area (Å²) in [6, 6.07) is 20.0. The average Bonchev–Trinajstić information content (AvgIpc) is 2.86. The molecule has 1 atom stereocenters. The second-order valence-corrected chi connectivity index (χ2v) is 9.36. The Hall–Kier alpha value is -3.65. The molecule has 34 heavy (non-hydrogen) atoms. The number of para-hydroxylation sites is 1. The molecular weight excluding hydrogens is 450 g/mol. The van der Waals surface area contributed by atoms with Crippen LogP contribution in [0.2, 0.25) is 0 Å². The summed E-state index contributed by atoms with van der Waals surface area (Å²) in [5.41, 5.74) is 2.84. The Morgan fingerprint density at radius 2 is 1.79 bits per heavy atom. The van der Waals surface area contributed by atoms with Crippen LogP contribution in [-0.2, 0) is 6.54 Å². The van der Waals surface area contributed by atoms with Crippen LogP contribution in [0.3, 0.4) is 0 Å². The molecule has 3 aromatic carbocycles. The van der Waals surface area contributed by atoms with Crippen LogP contribution in [0, 0.1) is 0 Å². The van der Waals surface area contributed by atoms with Gasteiger partial charge in [-0.25, -0.2) is 4.79 Å².